The van der Waals surface area contributed by atoms with Gasteiger partial charge in [0.2, 0.25) is 0 Å². The number of morpholine rings is 1. The zero-order chi connectivity index (χ0) is 18.6. The largest absolute Gasteiger partial charge is 0.433 e. The molecule has 2 aromatic heterocycles. The summed E-state index contributed by atoms with van der Waals surface area (Å²) < 4.78 is 57.0. The maximum absolute atomic E-state index is 13.9. The Labute approximate surface area is 145 Å². The molecule has 0 amide bonds. The fourth-order valence-electron chi connectivity index (χ4n) is 2.29. The van der Waals surface area contributed by atoms with E-state index in [1.807, 2.05) is 0 Å². The molecule has 0 unspecified atom stereocenters. The summed E-state index contributed by atoms with van der Waals surface area (Å²) in [5.74, 6) is -0.584. The molecule has 0 bridgehead atoms. The van der Waals surface area contributed by atoms with Crippen LogP contribution in [-0.4, -0.2) is 41.3 Å². The second-order valence-electron chi connectivity index (χ2n) is 5.35. The summed E-state index contributed by atoms with van der Waals surface area (Å²) in [5, 5.41) is 7.50. The SMILES string of the molecule is Fc1cnc(N=NCc2cccc(C(F)(F)F)n2)nc1N1CCOCC1. The quantitative estimate of drug-likeness (QED) is 0.610. The minimum Gasteiger partial charge on any atom is -0.378 e. The van der Waals surface area contributed by atoms with Crippen molar-refractivity contribution in [2.24, 2.45) is 10.2 Å². The minimum absolute atomic E-state index is 0.0835. The maximum atomic E-state index is 13.9. The van der Waals surface area contributed by atoms with Crippen molar-refractivity contribution in [1.29, 1.82) is 0 Å². The molecule has 3 heterocycles. The molecule has 1 aliphatic rings. The van der Waals surface area contributed by atoms with Gasteiger partial charge >= 0.3 is 6.18 Å². The lowest BCUT2D eigenvalue weighted by Crippen LogP contribution is -2.37. The van der Waals surface area contributed by atoms with Gasteiger partial charge in [-0.05, 0) is 12.1 Å². The lowest BCUT2D eigenvalue weighted by atomic mass is 10.3. The fourth-order valence-corrected chi connectivity index (χ4v) is 2.29. The molecule has 1 saturated heterocycles. The number of hydrogen-bond acceptors (Lipinski definition) is 7. The topological polar surface area (TPSA) is 75.9 Å². The molecule has 0 aliphatic carbocycles. The molecule has 0 atom stereocenters. The molecule has 0 saturated carbocycles. The maximum Gasteiger partial charge on any atom is 0.433 e. The van der Waals surface area contributed by atoms with Crippen LogP contribution >= 0.6 is 0 Å². The first-order chi connectivity index (χ1) is 12.4. The number of aromatic nitrogens is 3. The molecule has 3 rings (SSSR count). The van der Waals surface area contributed by atoms with E-state index in [4.69, 9.17) is 4.74 Å². The molecule has 0 N–H and O–H groups in total. The summed E-state index contributed by atoms with van der Waals surface area (Å²) in [5.41, 5.74) is -0.906. The van der Waals surface area contributed by atoms with E-state index in [0.717, 1.165) is 12.3 Å². The first kappa shape index (κ1) is 18.1. The first-order valence-corrected chi connectivity index (χ1v) is 7.69. The molecular formula is C15H14F4N6O. The summed E-state index contributed by atoms with van der Waals surface area (Å²) in [6.45, 7) is 1.71. The Morgan fingerprint density at radius 3 is 2.65 bits per heavy atom. The van der Waals surface area contributed by atoms with Crippen LogP contribution in [-0.2, 0) is 17.5 Å². The van der Waals surface area contributed by atoms with Crippen molar-refractivity contribution in [3.8, 4) is 0 Å². The third kappa shape index (κ3) is 4.48. The number of azo groups is 1. The fraction of sp³-hybridized carbons (Fsp3) is 0.400. The molecule has 1 aliphatic heterocycles. The van der Waals surface area contributed by atoms with E-state index in [1.54, 1.807) is 4.90 Å². The number of anilines is 1. The van der Waals surface area contributed by atoms with Gasteiger partial charge in [0.05, 0.1) is 25.1 Å². The van der Waals surface area contributed by atoms with E-state index in [9.17, 15) is 17.6 Å². The van der Waals surface area contributed by atoms with Gasteiger partial charge in [0.1, 0.15) is 12.2 Å². The van der Waals surface area contributed by atoms with Crippen LogP contribution in [0.15, 0.2) is 34.6 Å². The highest BCUT2D eigenvalue weighted by Gasteiger charge is 2.32. The van der Waals surface area contributed by atoms with Gasteiger partial charge in [0.25, 0.3) is 5.95 Å². The normalized spacial score (nSPS) is 15.6. The van der Waals surface area contributed by atoms with Crippen molar-refractivity contribution < 1.29 is 22.3 Å². The minimum atomic E-state index is -4.53. The Hall–Kier alpha value is -2.69. The number of ether oxygens (including phenoxy) is 1. The zero-order valence-corrected chi connectivity index (χ0v) is 13.4. The van der Waals surface area contributed by atoms with Crippen molar-refractivity contribution in [3.63, 3.8) is 0 Å². The second kappa shape index (κ2) is 7.68. The molecule has 0 radical (unpaired) electrons. The Kier molecular flexibility index (Phi) is 5.35. The summed E-state index contributed by atoms with van der Waals surface area (Å²) >= 11 is 0. The van der Waals surface area contributed by atoms with Gasteiger partial charge in [-0.1, -0.05) is 6.07 Å². The lowest BCUT2D eigenvalue weighted by molar-refractivity contribution is -0.141. The van der Waals surface area contributed by atoms with Gasteiger partial charge in [-0.2, -0.15) is 23.3 Å². The number of pyridine rings is 1. The van der Waals surface area contributed by atoms with Crippen molar-refractivity contribution in [3.05, 3.63) is 41.6 Å². The molecule has 7 nitrogen and oxygen atoms in total. The van der Waals surface area contributed by atoms with Crippen LogP contribution in [0, 0.1) is 5.82 Å². The Morgan fingerprint density at radius 2 is 1.92 bits per heavy atom. The lowest BCUT2D eigenvalue weighted by Gasteiger charge is -2.27. The van der Waals surface area contributed by atoms with Gasteiger partial charge in [-0.15, -0.1) is 5.11 Å². The van der Waals surface area contributed by atoms with E-state index < -0.39 is 17.7 Å². The zero-order valence-electron chi connectivity index (χ0n) is 13.4. The van der Waals surface area contributed by atoms with E-state index in [0.29, 0.717) is 26.3 Å². The summed E-state index contributed by atoms with van der Waals surface area (Å²) in [6.07, 6.45) is -3.55. The highest BCUT2D eigenvalue weighted by Crippen LogP contribution is 2.27. The Bertz CT molecular complexity index is 792. The predicted molar refractivity (Wildman–Crippen MR) is 82.5 cm³/mol. The summed E-state index contributed by atoms with van der Waals surface area (Å²) in [6, 6.07) is 3.52. The van der Waals surface area contributed by atoms with Gasteiger partial charge in [-0.3, -0.25) is 0 Å². The Morgan fingerprint density at radius 1 is 1.15 bits per heavy atom. The molecule has 0 aromatic carbocycles. The smallest absolute Gasteiger partial charge is 0.378 e. The third-order valence-corrected chi connectivity index (χ3v) is 3.51. The molecule has 0 spiro atoms. The van der Waals surface area contributed by atoms with Crippen LogP contribution in [0.5, 0.6) is 0 Å². The third-order valence-electron chi connectivity index (χ3n) is 3.51. The monoisotopic (exact) mass is 370 g/mol. The van der Waals surface area contributed by atoms with Crippen LogP contribution in [0.25, 0.3) is 0 Å². The highest BCUT2D eigenvalue weighted by atomic mass is 19.4. The van der Waals surface area contributed by atoms with Crippen molar-refractivity contribution in [2.45, 2.75) is 12.7 Å². The summed E-state index contributed by atoms with van der Waals surface area (Å²) in [4.78, 5) is 12.9. The van der Waals surface area contributed by atoms with Gasteiger partial charge in [-0.25, -0.2) is 14.4 Å². The average molecular weight is 370 g/mol. The van der Waals surface area contributed by atoms with Gasteiger partial charge in [0, 0.05) is 13.1 Å². The average Bonchev–Trinajstić information content (AvgIpc) is 2.63. The standard InChI is InChI=1S/C15H14F4N6O/c16-11-9-20-14(23-13(11)25-4-6-26-7-5-25)24-21-8-10-2-1-3-12(22-10)15(17,18)19/h1-3,9H,4-8H2. The number of hydrogen-bond donors (Lipinski definition) is 0. The van der Waals surface area contributed by atoms with E-state index in [2.05, 4.69) is 25.2 Å². The van der Waals surface area contributed by atoms with Crippen LogP contribution < -0.4 is 4.90 Å². The Balaban J connectivity index is 1.71. The molecule has 26 heavy (non-hydrogen) atoms. The number of rotatable bonds is 4. The predicted octanol–water partition coefficient (Wildman–Crippen LogP) is 3.15. The molecule has 11 heteroatoms. The van der Waals surface area contributed by atoms with Crippen molar-refractivity contribution >= 4 is 11.8 Å². The van der Waals surface area contributed by atoms with Gasteiger partial charge in [0.15, 0.2) is 11.6 Å². The number of nitrogens with zero attached hydrogens (tertiary/aromatic N) is 6. The second-order valence-corrected chi connectivity index (χ2v) is 5.35. The molecule has 138 valence electrons. The van der Waals surface area contributed by atoms with Crippen LogP contribution in [0.4, 0.5) is 29.3 Å². The van der Waals surface area contributed by atoms with Crippen molar-refractivity contribution in [2.75, 3.05) is 31.2 Å². The number of alkyl halides is 3. The van der Waals surface area contributed by atoms with Crippen LogP contribution in [0.2, 0.25) is 0 Å². The number of halogens is 4. The van der Waals surface area contributed by atoms with Crippen LogP contribution in [0.1, 0.15) is 11.4 Å². The van der Waals surface area contributed by atoms with E-state index >= 15 is 0 Å². The molecule has 2 aromatic rings. The molecular weight excluding hydrogens is 356 g/mol. The van der Waals surface area contributed by atoms with E-state index in [-0.39, 0.29) is 24.0 Å². The van der Waals surface area contributed by atoms with E-state index in [1.165, 1.54) is 12.1 Å². The highest BCUT2D eigenvalue weighted by molar-refractivity contribution is 5.42. The molecule has 1 fully saturated rings. The van der Waals surface area contributed by atoms with Crippen LogP contribution in [0.3, 0.4) is 0 Å². The van der Waals surface area contributed by atoms with Gasteiger partial charge < -0.3 is 9.64 Å². The summed E-state index contributed by atoms with van der Waals surface area (Å²) in [7, 11) is 0. The van der Waals surface area contributed by atoms with Crippen molar-refractivity contribution in [1.82, 2.24) is 15.0 Å². The first-order valence-electron chi connectivity index (χ1n) is 7.69.